The van der Waals surface area contributed by atoms with Gasteiger partial charge in [-0.1, -0.05) is 54.1 Å². The van der Waals surface area contributed by atoms with E-state index in [0.717, 1.165) is 5.56 Å². The van der Waals surface area contributed by atoms with Crippen LogP contribution in [0.5, 0.6) is 0 Å². The highest BCUT2D eigenvalue weighted by Gasteiger charge is 2.32. The van der Waals surface area contributed by atoms with Crippen LogP contribution in [0.15, 0.2) is 72.8 Å². The van der Waals surface area contributed by atoms with Crippen LogP contribution in [0.3, 0.4) is 0 Å². The number of halogens is 2. The van der Waals surface area contributed by atoms with Gasteiger partial charge in [-0.05, 0) is 53.8 Å². The number of hydrogen-bond donors (Lipinski definition) is 1. The van der Waals surface area contributed by atoms with Crippen molar-refractivity contribution >= 4 is 34.8 Å². The van der Waals surface area contributed by atoms with Gasteiger partial charge in [0.15, 0.2) is 11.6 Å². The molecule has 0 fully saturated rings. The third-order valence-electron chi connectivity index (χ3n) is 6.34. The molecule has 1 atom stereocenters. The summed E-state index contributed by atoms with van der Waals surface area (Å²) in [7, 11) is 0. The Morgan fingerprint density at radius 3 is 2.38 bits per heavy atom. The Kier molecular flexibility index (Phi) is 7.80. The van der Waals surface area contributed by atoms with Crippen molar-refractivity contribution in [2.75, 3.05) is 6.54 Å². The number of hydrogen-bond acceptors (Lipinski definition) is 4. The zero-order chi connectivity index (χ0) is 26.5. The first-order chi connectivity index (χ1) is 17.8. The normalized spacial score (nSPS) is 14.0. The summed E-state index contributed by atoms with van der Waals surface area (Å²) in [5, 5.41) is 18.4. The first kappa shape index (κ1) is 25.8. The molecule has 0 aliphatic carbocycles. The van der Waals surface area contributed by atoms with Crippen LogP contribution in [-0.2, 0) is 22.4 Å². The van der Waals surface area contributed by atoms with Crippen molar-refractivity contribution in [3.63, 3.8) is 0 Å². The molecule has 1 amide bonds. The van der Waals surface area contributed by atoms with Crippen molar-refractivity contribution in [3.8, 4) is 6.07 Å². The summed E-state index contributed by atoms with van der Waals surface area (Å²) >= 11 is 5.93. The van der Waals surface area contributed by atoms with E-state index in [2.05, 4.69) is 0 Å². The lowest BCUT2D eigenvalue weighted by Gasteiger charge is -2.34. The second-order valence-corrected chi connectivity index (χ2v) is 9.10. The molecule has 3 aromatic rings. The number of amides is 1. The predicted octanol–water partition coefficient (Wildman–Crippen LogP) is 5.09. The number of Topliss-reactive ketones (excluding diaryl/α,β-unsaturated/α-hetero) is 1. The Morgan fingerprint density at radius 2 is 1.76 bits per heavy atom. The first-order valence-electron chi connectivity index (χ1n) is 11.6. The molecule has 0 radical (unpaired) electrons. The summed E-state index contributed by atoms with van der Waals surface area (Å²) in [6, 6.07) is 19.2. The fraction of sp³-hybridized carbons (Fsp3) is 0.172. The van der Waals surface area contributed by atoms with Crippen molar-refractivity contribution in [3.05, 3.63) is 111 Å². The van der Waals surface area contributed by atoms with Gasteiger partial charge in [-0.25, -0.2) is 9.18 Å². The Bertz CT molecular complexity index is 1430. The molecular weight excluding hydrogens is 495 g/mol. The standard InChI is InChI=1S/C29H22ClFN2O4/c30-23-11-10-22(17-32)27(28(23)31)21-12-13-33(26(35)16-21)24(14-18-4-2-1-3-5-18)25(34)15-19-6-8-20(9-7-19)29(36)37/h1-11,16,24H,12-15H2,(H,36,37). The molecule has 0 saturated carbocycles. The van der Waals surface area contributed by atoms with Gasteiger partial charge in [0, 0.05) is 24.6 Å². The third-order valence-corrected chi connectivity index (χ3v) is 6.63. The zero-order valence-corrected chi connectivity index (χ0v) is 20.4. The summed E-state index contributed by atoms with van der Waals surface area (Å²) in [6.45, 7) is 0.155. The van der Waals surface area contributed by atoms with Gasteiger partial charge in [-0.15, -0.1) is 0 Å². The van der Waals surface area contributed by atoms with E-state index in [1.807, 2.05) is 36.4 Å². The Morgan fingerprint density at radius 1 is 1.05 bits per heavy atom. The highest BCUT2D eigenvalue weighted by atomic mass is 35.5. The Labute approximate surface area is 218 Å². The summed E-state index contributed by atoms with van der Waals surface area (Å²) in [4.78, 5) is 39.4. The largest absolute Gasteiger partial charge is 0.478 e. The highest BCUT2D eigenvalue weighted by molar-refractivity contribution is 6.31. The van der Waals surface area contributed by atoms with E-state index in [1.54, 1.807) is 12.1 Å². The molecule has 1 aliphatic heterocycles. The van der Waals surface area contributed by atoms with Crippen LogP contribution >= 0.6 is 11.6 Å². The average molecular weight is 517 g/mol. The van der Waals surface area contributed by atoms with Gasteiger partial charge in [0.2, 0.25) is 5.91 Å². The second kappa shape index (κ2) is 11.2. The molecule has 0 aromatic heterocycles. The summed E-state index contributed by atoms with van der Waals surface area (Å²) in [5.41, 5.74) is 2.06. The monoisotopic (exact) mass is 516 g/mol. The molecule has 0 bridgehead atoms. The molecule has 4 rings (SSSR count). The van der Waals surface area contributed by atoms with Gasteiger partial charge in [0.25, 0.3) is 0 Å². The van der Waals surface area contributed by atoms with Crippen LogP contribution < -0.4 is 0 Å². The van der Waals surface area contributed by atoms with E-state index in [1.165, 1.54) is 35.2 Å². The predicted molar refractivity (Wildman–Crippen MR) is 136 cm³/mol. The zero-order valence-electron chi connectivity index (χ0n) is 19.7. The van der Waals surface area contributed by atoms with E-state index in [9.17, 15) is 24.0 Å². The number of carbonyl (C=O) groups is 3. The number of ketones is 1. The van der Waals surface area contributed by atoms with Gasteiger partial charge in [0.1, 0.15) is 0 Å². The smallest absolute Gasteiger partial charge is 0.335 e. The first-order valence-corrected chi connectivity index (χ1v) is 11.9. The maximum Gasteiger partial charge on any atom is 0.335 e. The summed E-state index contributed by atoms with van der Waals surface area (Å²) in [6.07, 6.45) is 1.81. The van der Waals surface area contributed by atoms with E-state index >= 15 is 0 Å². The van der Waals surface area contributed by atoms with Crippen LogP contribution in [0.1, 0.15) is 39.0 Å². The number of carboxylic acid groups (broad SMARTS) is 1. The van der Waals surface area contributed by atoms with Gasteiger partial charge in [-0.2, -0.15) is 5.26 Å². The van der Waals surface area contributed by atoms with Gasteiger partial charge >= 0.3 is 5.97 Å². The van der Waals surface area contributed by atoms with Gasteiger partial charge in [-0.3, -0.25) is 9.59 Å². The number of aromatic carboxylic acids is 1. The summed E-state index contributed by atoms with van der Waals surface area (Å²) < 4.78 is 14.8. The summed E-state index contributed by atoms with van der Waals surface area (Å²) in [5.74, 6) is -2.48. The second-order valence-electron chi connectivity index (χ2n) is 8.70. The molecular formula is C29H22ClFN2O4. The molecule has 0 spiro atoms. The fourth-order valence-corrected chi connectivity index (χ4v) is 4.60. The van der Waals surface area contributed by atoms with E-state index in [-0.39, 0.29) is 53.3 Å². The fourth-order valence-electron chi connectivity index (χ4n) is 4.44. The third kappa shape index (κ3) is 5.76. The molecule has 3 aromatic carbocycles. The number of nitriles is 1. The molecule has 37 heavy (non-hydrogen) atoms. The van der Waals surface area contributed by atoms with Gasteiger partial charge in [0.05, 0.1) is 28.3 Å². The van der Waals surface area contributed by atoms with E-state index in [4.69, 9.17) is 16.7 Å². The van der Waals surface area contributed by atoms with Gasteiger partial charge < -0.3 is 10.0 Å². The Balaban J connectivity index is 1.63. The average Bonchev–Trinajstić information content (AvgIpc) is 2.90. The molecule has 1 N–H and O–H groups in total. The quantitative estimate of drug-likeness (QED) is 0.450. The molecule has 8 heteroatoms. The minimum absolute atomic E-state index is 0.00690. The lowest BCUT2D eigenvalue weighted by atomic mass is 9.91. The maximum absolute atomic E-state index is 14.8. The molecule has 186 valence electrons. The topological polar surface area (TPSA) is 98.5 Å². The lowest BCUT2D eigenvalue weighted by Crippen LogP contribution is -2.48. The SMILES string of the molecule is N#Cc1ccc(Cl)c(F)c1C1=CC(=O)N(C(Cc2ccccc2)C(=O)Cc2ccc(C(=O)O)cc2)CC1. The molecule has 1 heterocycles. The number of benzene rings is 3. The van der Waals surface area contributed by atoms with Crippen molar-refractivity contribution in [2.45, 2.75) is 25.3 Å². The Hall–Kier alpha value is -4.28. The number of rotatable bonds is 8. The maximum atomic E-state index is 14.8. The molecule has 1 aliphatic rings. The number of carbonyl (C=O) groups excluding carboxylic acids is 2. The molecule has 0 saturated heterocycles. The lowest BCUT2D eigenvalue weighted by molar-refractivity contribution is -0.136. The molecule has 6 nitrogen and oxygen atoms in total. The van der Waals surface area contributed by atoms with E-state index < -0.39 is 23.7 Å². The minimum Gasteiger partial charge on any atom is -0.478 e. The van der Waals surface area contributed by atoms with Crippen LogP contribution in [0.4, 0.5) is 4.39 Å². The molecule has 1 unspecified atom stereocenters. The van der Waals surface area contributed by atoms with Crippen molar-refractivity contribution in [1.82, 2.24) is 4.90 Å². The number of carboxylic acids is 1. The van der Waals surface area contributed by atoms with Crippen LogP contribution in [0, 0.1) is 17.1 Å². The van der Waals surface area contributed by atoms with Crippen LogP contribution in [0.25, 0.3) is 5.57 Å². The van der Waals surface area contributed by atoms with Crippen LogP contribution in [0.2, 0.25) is 5.02 Å². The van der Waals surface area contributed by atoms with Crippen molar-refractivity contribution < 1.29 is 23.9 Å². The van der Waals surface area contributed by atoms with Crippen LogP contribution in [-0.4, -0.2) is 40.3 Å². The number of nitrogens with zero attached hydrogens (tertiary/aromatic N) is 2. The highest BCUT2D eigenvalue weighted by Crippen LogP contribution is 2.32. The van der Waals surface area contributed by atoms with Crippen molar-refractivity contribution in [1.29, 1.82) is 5.26 Å². The minimum atomic E-state index is -1.06. The van der Waals surface area contributed by atoms with E-state index in [0.29, 0.717) is 11.1 Å². The van der Waals surface area contributed by atoms with Crippen molar-refractivity contribution in [2.24, 2.45) is 0 Å².